The summed E-state index contributed by atoms with van der Waals surface area (Å²) in [6.45, 7) is 5.19. The molecular formula is C12H20N4O3S. The Labute approximate surface area is 121 Å². The quantitative estimate of drug-likeness (QED) is 0.755. The monoisotopic (exact) mass is 300 g/mol. The van der Waals surface area contributed by atoms with E-state index in [0.29, 0.717) is 5.16 Å². The molecule has 0 saturated carbocycles. The molecule has 0 aromatic carbocycles. The Hall–Kier alpha value is -1.28. The molecular weight excluding hydrogens is 280 g/mol. The zero-order chi connectivity index (χ0) is 14.5. The van der Waals surface area contributed by atoms with Crippen molar-refractivity contribution in [1.82, 2.24) is 19.7 Å². The standard InChI is InChI=1S/C12H20N4O3S/c1-2-5-15-6-3-9(4-7-15)16-11(19)13-14-12(16)20-8-10(17)18/h9H,2-8H2,1H3,(H,13,19)(H,17,18). The summed E-state index contributed by atoms with van der Waals surface area (Å²) in [7, 11) is 0. The fourth-order valence-corrected chi connectivity index (χ4v) is 3.29. The maximum absolute atomic E-state index is 11.9. The number of nitrogens with one attached hydrogen (secondary N) is 1. The molecule has 2 rings (SSSR count). The summed E-state index contributed by atoms with van der Waals surface area (Å²) in [4.78, 5) is 24.9. The SMILES string of the molecule is CCCN1CCC(n2c(SCC(=O)O)n[nH]c2=O)CC1. The summed E-state index contributed by atoms with van der Waals surface area (Å²) >= 11 is 1.09. The molecule has 7 nitrogen and oxygen atoms in total. The third-order valence-corrected chi connectivity index (χ3v) is 4.40. The summed E-state index contributed by atoms with van der Waals surface area (Å²) in [5.41, 5.74) is -0.244. The van der Waals surface area contributed by atoms with Crippen LogP contribution in [0.2, 0.25) is 0 Å². The molecule has 0 spiro atoms. The highest BCUT2D eigenvalue weighted by Crippen LogP contribution is 2.25. The van der Waals surface area contributed by atoms with E-state index < -0.39 is 5.97 Å². The Bertz CT molecular complexity index is 505. The highest BCUT2D eigenvalue weighted by atomic mass is 32.2. The second-order valence-electron chi connectivity index (χ2n) is 4.94. The van der Waals surface area contributed by atoms with Crippen molar-refractivity contribution in [3.8, 4) is 0 Å². The topological polar surface area (TPSA) is 91.2 Å². The second kappa shape index (κ2) is 6.94. The third-order valence-electron chi connectivity index (χ3n) is 3.46. The number of aromatic nitrogens is 3. The number of rotatable bonds is 6. The number of piperidine rings is 1. The summed E-state index contributed by atoms with van der Waals surface area (Å²) < 4.78 is 1.62. The van der Waals surface area contributed by atoms with Gasteiger partial charge in [0.1, 0.15) is 0 Å². The van der Waals surface area contributed by atoms with Gasteiger partial charge in [0.2, 0.25) is 0 Å². The molecule has 8 heteroatoms. The third kappa shape index (κ3) is 3.63. The maximum atomic E-state index is 11.9. The van der Waals surface area contributed by atoms with Gasteiger partial charge in [-0.05, 0) is 25.8 Å². The van der Waals surface area contributed by atoms with Crippen LogP contribution in [-0.4, -0.2) is 56.1 Å². The highest BCUT2D eigenvalue weighted by Gasteiger charge is 2.24. The molecule has 1 fully saturated rings. The van der Waals surface area contributed by atoms with Crippen LogP contribution in [-0.2, 0) is 4.79 Å². The van der Waals surface area contributed by atoms with Crippen molar-refractivity contribution in [1.29, 1.82) is 0 Å². The number of H-pyrrole nitrogens is 1. The summed E-state index contributed by atoms with van der Waals surface area (Å²) in [5, 5.41) is 15.6. The van der Waals surface area contributed by atoms with Gasteiger partial charge in [0.15, 0.2) is 5.16 Å². The molecule has 0 bridgehead atoms. The fraction of sp³-hybridized carbons (Fsp3) is 0.750. The van der Waals surface area contributed by atoms with Gasteiger partial charge in [-0.25, -0.2) is 9.89 Å². The van der Waals surface area contributed by atoms with Gasteiger partial charge in [0, 0.05) is 19.1 Å². The molecule has 112 valence electrons. The van der Waals surface area contributed by atoms with Crippen LogP contribution in [0.4, 0.5) is 0 Å². The minimum Gasteiger partial charge on any atom is -0.481 e. The van der Waals surface area contributed by atoms with E-state index in [0.717, 1.165) is 50.7 Å². The number of hydrogen-bond donors (Lipinski definition) is 2. The average molecular weight is 300 g/mol. The largest absolute Gasteiger partial charge is 0.481 e. The number of likely N-dealkylation sites (tertiary alicyclic amines) is 1. The highest BCUT2D eigenvalue weighted by molar-refractivity contribution is 7.99. The van der Waals surface area contributed by atoms with Gasteiger partial charge in [-0.2, -0.15) is 0 Å². The smallest absolute Gasteiger partial charge is 0.344 e. The van der Waals surface area contributed by atoms with Crippen molar-refractivity contribution >= 4 is 17.7 Å². The van der Waals surface area contributed by atoms with Crippen molar-refractivity contribution in [3.63, 3.8) is 0 Å². The van der Waals surface area contributed by atoms with Gasteiger partial charge in [-0.15, -0.1) is 5.10 Å². The molecule has 1 saturated heterocycles. The molecule has 2 heterocycles. The second-order valence-corrected chi connectivity index (χ2v) is 5.88. The van der Waals surface area contributed by atoms with Crippen molar-refractivity contribution < 1.29 is 9.90 Å². The van der Waals surface area contributed by atoms with Crippen LogP contribution in [0.5, 0.6) is 0 Å². The van der Waals surface area contributed by atoms with Crippen molar-refractivity contribution in [2.75, 3.05) is 25.4 Å². The number of nitrogens with zero attached hydrogens (tertiary/aromatic N) is 3. The maximum Gasteiger partial charge on any atom is 0.344 e. The minimum absolute atomic E-state index is 0.0844. The lowest BCUT2D eigenvalue weighted by Crippen LogP contribution is -2.37. The first-order valence-corrected chi connectivity index (χ1v) is 7.84. The molecule has 2 N–H and O–H groups in total. The summed E-state index contributed by atoms with van der Waals surface area (Å²) in [6.07, 6.45) is 2.94. The lowest BCUT2D eigenvalue weighted by atomic mass is 10.0. The molecule has 1 aliphatic heterocycles. The first-order valence-electron chi connectivity index (χ1n) is 6.85. The van der Waals surface area contributed by atoms with E-state index in [9.17, 15) is 9.59 Å². The van der Waals surface area contributed by atoms with E-state index >= 15 is 0 Å². The molecule has 0 aliphatic carbocycles. The van der Waals surface area contributed by atoms with Crippen LogP contribution in [0.25, 0.3) is 0 Å². The Morgan fingerprint density at radius 3 is 2.80 bits per heavy atom. The van der Waals surface area contributed by atoms with E-state index in [4.69, 9.17) is 5.11 Å². The molecule has 0 amide bonds. The number of carboxylic acids is 1. The molecule has 0 unspecified atom stereocenters. The van der Waals surface area contributed by atoms with E-state index in [2.05, 4.69) is 22.0 Å². The number of hydrogen-bond acceptors (Lipinski definition) is 5. The van der Waals surface area contributed by atoms with Crippen molar-refractivity contribution in [2.24, 2.45) is 0 Å². The van der Waals surface area contributed by atoms with Crippen LogP contribution in [0.1, 0.15) is 32.2 Å². The van der Waals surface area contributed by atoms with Gasteiger partial charge in [-0.1, -0.05) is 18.7 Å². The zero-order valence-electron chi connectivity index (χ0n) is 11.5. The van der Waals surface area contributed by atoms with Crippen LogP contribution >= 0.6 is 11.8 Å². The Morgan fingerprint density at radius 2 is 2.20 bits per heavy atom. The van der Waals surface area contributed by atoms with E-state index in [1.54, 1.807) is 4.57 Å². The van der Waals surface area contributed by atoms with Gasteiger partial charge in [0.25, 0.3) is 0 Å². The van der Waals surface area contributed by atoms with Crippen LogP contribution in [0.3, 0.4) is 0 Å². The fourth-order valence-electron chi connectivity index (χ4n) is 2.56. The Morgan fingerprint density at radius 1 is 1.50 bits per heavy atom. The number of aromatic amines is 1. The molecule has 1 aromatic heterocycles. The molecule has 0 atom stereocenters. The van der Waals surface area contributed by atoms with E-state index in [-0.39, 0.29) is 17.5 Å². The van der Waals surface area contributed by atoms with Gasteiger partial charge < -0.3 is 10.0 Å². The lowest BCUT2D eigenvalue weighted by Gasteiger charge is -2.32. The minimum atomic E-state index is -0.908. The number of carbonyl (C=O) groups is 1. The molecule has 1 aliphatic rings. The Kier molecular flexibility index (Phi) is 5.24. The first kappa shape index (κ1) is 15.1. The molecule has 0 radical (unpaired) electrons. The van der Waals surface area contributed by atoms with Crippen LogP contribution < -0.4 is 5.69 Å². The number of aliphatic carboxylic acids is 1. The van der Waals surface area contributed by atoms with Crippen LogP contribution in [0, 0.1) is 0 Å². The van der Waals surface area contributed by atoms with Gasteiger partial charge in [0.05, 0.1) is 5.75 Å². The normalized spacial score (nSPS) is 17.4. The van der Waals surface area contributed by atoms with Crippen molar-refractivity contribution in [2.45, 2.75) is 37.4 Å². The predicted octanol–water partition coefficient (Wildman–Crippen LogP) is 0.795. The van der Waals surface area contributed by atoms with Crippen molar-refractivity contribution in [3.05, 3.63) is 10.5 Å². The van der Waals surface area contributed by atoms with E-state index in [1.807, 2.05) is 0 Å². The lowest BCUT2D eigenvalue weighted by molar-refractivity contribution is -0.133. The number of carboxylic acid groups (broad SMARTS) is 1. The summed E-state index contributed by atoms with van der Waals surface area (Å²) in [6, 6.07) is 0.116. The van der Waals surface area contributed by atoms with Gasteiger partial charge >= 0.3 is 11.7 Å². The van der Waals surface area contributed by atoms with Gasteiger partial charge in [-0.3, -0.25) is 9.36 Å². The molecule has 20 heavy (non-hydrogen) atoms. The first-order chi connectivity index (χ1) is 9.61. The Balaban J connectivity index is 2.03. The predicted molar refractivity (Wildman–Crippen MR) is 76.2 cm³/mol. The number of thioether (sulfide) groups is 1. The molecule has 1 aromatic rings. The summed E-state index contributed by atoms with van der Waals surface area (Å²) in [5.74, 6) is -0.992. The van der Waals surface area contributed by atoms with Crippen LogP contribution in [0.15, 0.2) is 9.95 Å². The zero-order valence-corrected chi connectivity index (χ0v) is 12.4. The average Bonchev–Trinajstić information content (AvgIpc) is 2.79. The van der Waals surface area contributed by atoms with E-state index in [1.165, 1.54) is 0 Å².